The summed E-state index contributed by atoms with van der Waals surface area (Å²) in [6.45, 7) is 2.60. The molecule has 5 heteroatoms. The number of rotatable bonds is 5. The van der Waals surface area contributed by atoms with Crippen molar-refractivity contribution < 1.29 is 13.2 Å². The largest absolute Gasteiger partial charge is 0.494 e. The molecular formula is C14H21NO3S. The molecule has 0 aliphatic carbocycles. The molecule has 2 rings (SSSR count). The molecule has 0 bridgehead atoms. The molecule has 4 nitrogen and oxygen atoms in total. The fourth-order valence-electron chi connectivity index (χ4n) is 2.70. The lowest BCUT2D eigenvalue weighted by atomic mass is 9.92. The molecule has 1 N–H and O–H groups in total. The van der Waals surface area contributed by atoms with E-state index in [9.17, 15) is 8.42 Å². The Hall–Kier alpha value is -1.07. The van der Waals surface area contributed by atoms with E-state index in [1.54, 1.807) is 0 Å². The molecule has 0 radical (unpaired) electrons. The lowest BCUT2D eigenvalue weighted by molar-refractivity contribution is 0.339. The van der Waals surface area contributed by atoms with Crippen LogP contribution in [0.15, 0.2) is 24.3 Å². The molecule has 0 saturated carbocycles. The van der Waals surface area contributed by atoms with Crippen LogP contribution in [0.1, 0.15) is 24.9 Å². The third kappa shape index (κ3) is 3.48. The van der Waals surface area contributed by atoms with Crippen LogP contribution >= 0.6 is 0 Å². The van der Waals surface area contributed by atoms with E-state index in [1.807, 2.05) is 38.2 Å². The van der Waals surface area contributed by atoms with E-state index in [4.69, 9.17) is 4.74 Å². The smallest absolute Gasteiger partial charge is 0.150 e. The monoisotopic (exact) mass is 283 g/mol. The zero-order chi connectivity index (χ0) is 13.9. The quantitative estimate of drug-likeness (QED) is 0.895. The standard InChI is InChI=1S/C14H21NO3S/c1-3-18-13-6-4-11(5-7-13)14(15-2)12-8-9-19(16,17)10-12/h4-7,12,14-15H,3,8-10H2,1-2H3. The second-order valence-corrected chi connectivity index (χ2v) is 7.16. The van der Waals surface area contributed by atoms with Crippen LogP contribution in [0.4, 0.5) is 0 Å². The van der Waals surface area contributed by atoms with Gasteiger partial charge in [0.05, 0.1) is 18.1 Å². The van der Waals surface area contributed by atoms with Crippen LogP contribution in [-0.4, -0.2) is 33.6 Å². The molecular weight excluding hydrogens is 262 g/mol. The number of benzene rings is 1. The maximum atomic E-state index is 11.6. The summed E-state index contributed by atoms with van der Waals surface area (Å²) in [6, 6.07) is 7.99. The predicted molar refractivity (Wildman–Crippen MR) is 76.2 cm³/mol. The summed E-state index contributed by atoms with van der Waals surface area (Å²) >= 11 is 0. The molecule has 19 heavy (non-hydrogen) atoms. The molecule has 1 aliphatic rings. The first kappa shape index (κ1) is 14.3. The van der Waals surface area contributed by atoms with Crippen LogP contribution < -0.4 is 10.1 Å². The first-order valence-electron chi connectivity index (χ1n) is 6.66. The van der Waals surface area contributed by atoms with Crippen molar-refractivity contribution in [2.45, 2.75) is 19.4 Å². The van der Waals surface area contributed by atoms with Gasteiger partial charge in [0.2, 0.25) is 0 Å². The number of sulfone groups is 1. The Morgan fingerprint density at radius 2 is 2.05 bits per heavy atom. The van der Waals surface area contributed by atoms with Crippen molar-refractivity contribution in [3.63, 3.8) is 0 Å². The van der Waals surface area contributed by atoms with Gasteiger partial charge in [-0.15, -0.1) is 0 Å². The number of hydrogen-bond donors (Lipinski definition) is 1. The number of nitrogens with one attached hydrogen (secondary N) is 1. The number of hydrogen-bond acceptors (Lipinski definition) is 4. The first-order valence-corrected chi connectivity index (χ1v) is 8.48. The molecule has 106 valence electrons. The Balaban J connectivity index is 2.13. The topological polar surface area (TPSA) is 55.4 Å². The molecule has 2 atom stereocenters. The molecule has 0 aromatic heterocycles. The minimum atomic E-state index is -2.84. The lowest BCUT2D eigenvalue weighted by Crippen LogP contribution is -2.26. The summed E-state index contributed by atoms with van der Waals surface area (Å²) in [5.41, 5.74) is 1.12. The molecule has 0 spiro atoms. The zero-order valence-electron chi connectivity index (χ0n) is 11.4. The average molecular weight is 283 g/mol. The molecule has 2 unspecified atom stereocenters. The molecule has 1 aromatic carbocycles. The van der Waals surface area contributed by atoms with E-state index in [0.29, 0.717) is 12.4 Å². The van der Waals surface area contributed by atoms with Crippen LogP contribution in [-0.2, 0) is 9.84 Å². The van der Waals surface area contributed by atoms with E-state index in [2.05, 4.69) is 5.32 Å². The molecule has 1 saturated heterocycles. The maximum absolute atomic E-state index is 11.6. The summed E-state index contributed by atoms with van der Waals surface area (Å²) in [4.78, 5) is 0. The highest BCUT2D eigenvalue weighted by Crippen LogP contribution is 2.31. The second-order valence-electron chi connectivity index (χ2n) is 4.93. The van der Waals surface area contributed by atoms with E-state index < -0.39 is 9.84 Å². The van der Waals surface area contributed by atoms with E-state index in [-0.39, 0.29) is 17.7 Å². The molecule has 0 amide bonds. The summed E-state index contributed by atoms with van der Waals surface area (Å²) in [6.07, 6.45) is 0.737. The minimum Gasteiger partial charge on any atom is -0.494 e. The highest BCUT2D eigenvalue weighted by atomic mass is 32.2. The van der Waals surface area contributed by atoms with Gasteiger partial charge in [0.25, 0.3) is 0 Å². The van der Waals surface area contributed by atoms with Crippen LogP contribution in [0, 0.1) is 5.92 Å². The van der Waals surface area contributed by atoms with Gasteiger partial charge in [-0.1, -0.05) is 12.1 Å². The van der Waals surface area contributed by atoms with Gasteiger partial charge < -0.3 is 10.1 Å². The van der Waals surface area contributed by atoms with Gasteiger partial charge in [-0.2, -0.15) is 0 Å². The Labute approximate surface area is 115 Å². The fourth-order valence-corrected chi connectivity index (χ4v) is 4.54. The minimum absolute atomic E-state index is 0.0907. The fraction of sp³-hybridized carbons (Fsp3) is 0.571. The van der Waals surface area contributed by atoms with Gasteiger partial charge in [-0.05, 0) is 44.0 Å². The van der Waals surface area contributed by atoms with E-state index >= 15 is 0 Å². The van der Waals surface area contributed by atoms with Gasteiger partial charge in [0.15, 0.2) is 9.84 Å². The third-order valence-corrected chi connectivity index (χ3v) is 5.39. The molecule has 1 heterocycles. The highest BCUT2D eigenvalue weighted by molar-refractivity contribution is 7.91. The predicted octanol–water partition coefficient (Wildman–Crippen LogP) is 1.78. The summed E-state index contributed by atoms with van der Waals surface area (Å²) in [5, 5.41) is 3.24. The normalized spacial score (nSPS) is 23.2. The second kappa shape index (κ2) is 5.92. The van der Waals surface area contributed by atoms with Crippen molar-refractivity contribution in [1.82, 2.24) is 5.32 Å². The van der Waals surface area contributed by atoms with Crippen molar-refractivity contribution in [3.8, 4) is 5.75 Å². The van der Waals surface area contributed by atoms with Crippen LogP contribution in [0.2, 0.25) is 0 Å². The van der Waals surface area contributed by atoms with Crippen LogP contribution in [0.5, 0.6) is 5.75 Å². The van der Waals surface area contributed by atoms with Gasteiger partial charge in [-0.3, -0.25) is 0 Å². The van der Waals surface area contributed by atoms with Crippen molar-refractivity contribution in [2.75, 3.05) is 25.2 Å². The number of ether oxygens (including phenoxy) is 1. The SMILES string of the molecule is CCOc1ccc(C(NC)C2CCS(=O)(=O)C2)cc1. The lowest BCUT2D eigenvalue weighted by Gasteiger charge is -2.22. The Morgan fingerprint density at radius 3 is 2.53 bits per heavy atom. The van der Waals surface area contributed by atoms with Gasteiger partial charge in [0.1, 0.15) is 5.75 Å². The van der Waals surface area contributed by atoms with Crippen molar-refractivity contribution in [1.29, 1.82) is 0 Å². The van der Waals surface area contributed by atoms with E-state index in [0.717, 1.165) is 17.7 Å². The van der Waals surface area contributed by atoms with Crippen LogP contribution in [0.3, 0.4) is 0 Å². The zero-order valence-corrected chi connectivity index (χ0v) is 12.2. The molecule has 1 aliphatic heterocycles. The van der Waals surface area contributed by atoms with Crippen LogP contribution in [0.25, 0.3) is 0 Å². The molecule has 1 aromatic rings. The van der Waals surface area contributed by atoms with Crippen molar-refractivity contribution >= 4 is 9.84 Å². The van der Waals surface area contributed by atoms with Gasteiger partial charge >= 0.3 is 0 Å². The Kier molecular flexibility index (Phi) is 4.47. The average Bonchev–Trinajstić information content (AvgIpc) is 2.73. The maximum Gasteiger partial charge on any atom is 0.150 e. The van der Waals surface area contributed by atoms with Gasteiger partial charge in [0, 0.05) is 6.04 Å². The van der Waals surface area contributed by atoms with Gasteiger partial charge in [-0.25, -0.2) is 8.42 Å². The summed E-state index contributed by atoms with van der Waals surface area (Å²) in [7, 11) is -0.959. The third-order valence-electron chi connectivity index (χ3n) is 3.60. The summed E-state index contributed by atoms with van der Waals surface area (Å²) in [5.74, 6) is 1.60. The Morgan fingerprint density at radius 1 is 1.37 bits per heavy atom. The Bertz CT molecular complexity index is 510. The van der Waals surface area contributed by atoms with E-state index in [1.165, 1.54) is 0 Å². The molecule has 1 fully saturated rings. The first-order chi connectivity index (χ1) is 9.05. The summed E-state index contributed by atoms with van der Waals surface area (Å²) < 4.78 is 28.6. The van der Waals surface area contributed by atoms with Crippen molar-refractivity contribution in [2.24, 2.45) is 5.92 Å². The van der Waals surface area contributed by atoms with Crippen molar-refractivity contribution in [3.05, 3.63) is 29.8 Å². The highest BCUT2D eigenvalue weighted by Gasteiger charge is 2.33.